The van der Waals surface area contributed by atoms with Crippen LogP contribution in [0, 0.1) is 0 Å². The first-order valence-electron chi connectivity index (χ1n) is 4.86. The van der Waals surface area contributed by atoms with E-state index in [4.69, 9.17) is 11.6 Å². The van der Waals surface area contributed by atoms with Crippen LogP contribution in [0.15, 0.2) is 24.3 Å². The number of hydrogen-bond acceptors (Lipinski definition) is 1. The Bertz CT molecular complexity index is 365. The van der Waals surface area contributed by atoms with Crippen LogP contribution in [0.4, 0.5) is 0 Å². The van der Waals surface area contributed by atoms with Crippen LogP contribution in [0.2, 0.25) is 5.02 Å². The van der Waals surface area contributed by atoms with Gasteiger partial charge >= 0.3 is 0 Å². The fraction of sp³-hybridized carbons (Fsp3) is 0.364. The van der Waals surface area contributed by atoms with Crippen molar-refractivity contribution in [1.29, 1.82) is 0 Å². The zero-order valence-electron chi connectivity index (χ0n) is 8.12. The predicted octanol–water partition coefficient (Wildman–Crippen LogP) is 2.95. The van der Waals surface area contributed by atoms with Crippen molar-refractivity contribution in [3.63, 3.8) is 0 Å². The first-order valence-corrected chi connectivity index (χ1v) is 6.15. The Morgan fingerprint density at radius 2 is 2.07 bits per heavy atom. The van der Waals surface area contributed by atoms with Crippen molar-refractivity contribution in [2.24, 2.45) is 0 Å². The van der Waals surface area contributed by atoms with Gasteiger partial charge in [0.05, 0.1) is 0 Å². The molecule has 1 aromatic carbocycles. The van der Waals surface area contributed by atoms with Crippen LogP contribution < -0.4 is 0 Å². The predicted molar refractivity (Wildman–Crippen MR) is 64.7 cm³/mol. The number of alkyl halides is 1. The number of benzene rings is 1. The molecule has 2 rings (SSSR count). The Labute approximate surface area is 102 Å². The molecule has 80 valence electrons. The van der Waals surface area contributed by atoms with Gasteiger partial charge in [0.2, 0.25) is 0 Å². The number of halogens is 2. The molecule has 0 bridgehead atoms. The molecule has 1 aliphatic heterocycles. The topological polar surface area (TPSA) is 20.3 Å². The molecule has 0 aliphatic carbocycles. The summed E-state index contributed by atoms with van der Waals surface area (Å²) in [5.41, 5.74) is 0.709. The van der Waals surface area contributed by atoms with Crippen LogP contribution in [0.1, 0.15) is 16.8 Å². The minimum Gasteiger partial charge on any atom is -0.337 e. The number of carbonyl (C=O) groups excluding carboxylic acids is 1. The average Bonchev–Trinajstić information content (AvgIpc) is 2.65. The van der Waals surface area contributed by atoms with Crippen LogP contribution in [-0.2, 0) is 0 Å². The molecule has 1 atom stereocenters. The molecule has 1 fully saturated rings. The second-order valence-corrected chi connectivity index (χ2v) is 5.38. The van der Waals surface area contributed by atoms with Gasteiger partial charge in [0.15, 0.2) is 0 Å². The normalized spacial score (nSPS) is 20.7. The van der Waals surface area contributed by atoms with E-state index in [0.717, 1.165) is 19.5 Å². The SMILES string of the molecule is O=C(c1ccc(Cl)cc1)N1CCC(Br)C1. The first kappa shape index (κ1) is 11.0. The zero-order valence-corrected chi connectivity index (χ0v) is 10.5. The Hall–Kier alpha value is -0.540. The molecule has 4 heteroatoms. The number of likely N-dealkylation sites (tertiary alicyclic amines) is 1. The molecule has 1 unspecified atom stereocenters. The van der Waals surface area contributed by atoms with Crippen molar-refractivity contribution in [2.45, 2.75) is 11.2 Å². The molecule has 15 heavy (non-hydrogen) atoms. The first-order chi connectivity index (χ1) is 7.16. The summed E-state index contributed by atoms with van der Waals surface area (Å²) < 4.78 is 0. The Balaban J connectivity index is 2.11. The second kappa shape index (κ2) is 4.54. The van der Waals surface area contributed by atoms with Gasteiger partial charge in [-0.3, -0.25) is 4.79 Å². The maximum absolute atomic E-state index is 12.0. The summed E-state index contributed by atoms with van der Waals surface area (Å²) in [6, 6.07) is 7.03. The van der Waals surface area contributed by atoms with Gasteiger partial charge in [0.1, 0.15) is 0 Å². The van der Waals surface area contributed by atoms with Crippen LogP contribution >= 0.6 is 27.5 Å². The van der Waals surface area contributed by atoms with Crippen LogP contribution in [0.25, 0.3) is 0 Å². The number of carbonyl (C=O) groups is 1. The van der Waals surface area contributed by atoms with Gasteiger partial charge in [-0.15, -0.1) is 0 Å². The highest BCUT2D eigenvalue weighted by atomic mass is 79.9. The summed E-state index contributed by atoms with van der Waals surface area (Å²) in [6.07, 6.45) is 1.03. The highest BCUT2D eigenvalue weighted by Gasteiger charge is 2.24. The van der Waals surface area contributed by atoms with E-state index in [1.165, 1.54) is 0 Å². The van der Waals surface area contributed by atoms with Crippen molar-refractivity contribution >= 4 is 33.4 Å². The van der Waals surface area contributed by atoms with Gasteiger partial charge in [0, 0.05) is 28.5 Å². The molecule has 1 aliphatic rings. The Morgan fingerprint density at radius 1 is 1.40 bits per heavy atom. The van der Waals surface area contributed by atoms with Gasteiger partial charge in [-0.25, -0.2) is 0 Å². The van der Waals surface area contributed by atoms with E-state index >= 15 is 0 Å². The second-order valence-electron chi connectivity index (χ2n) is 3.64. The van der Waals surface area contributed by atoms with Gasteiger partial charge in [-0.05, 0) is 30.7 Å². The number of amides is 1. The lowest BCUT2D eigenvalue weighted by Gasteiger charge is -2.15. The average molecular weight is 289 g/mol. The third-order valence-electron chi connectivity index (χ3n) is 2.51. The van der Waals surface area contributed by atoms with Crippen molar-refractivity contribution < 1.29 is 4.79 Å². The van der Waals surface area contributed by atoms with Crippen molar-refractivity contribution in [1.82, 2.24) is 4.90 Å². The van der Waals surface area contributed by atoms with Gasteiger partial charge in [-0.1, -0.05) is 27.5 Å². The lowest BCUT2D eigenvalue weighted by molar-refractivity contribution is 0.0793. The molecule has 0 radical (unpaired) electrons. The number of rotatable bonds is 1. The van der Waals surface area contributed by atoms with E-state index in [9.17, 15) is 4.79 Å². The van der Waals surface area contributed by atoms with E-state index in [1.54, 1.807) is 24.3 Å². The molecule has 1 aromatic rings. The monoisotopic (exact) mass is 287 g/mol. The number of hydrogen-bond donors (Lipinski definition) is 0. The van der Waals surface area contributed by atoms with E-state index in [1.807, 2.05) is 4.90 Å². The van der Waals surface area contributed by atoms with E-state index in [2.05, 4.69) is 15.9 Å². The fourth-order valence-corrected chi connectivity index (χ4v) is 2.36. The molecule has 0 aromatic heterocycles. The smallest absolute Gasteiger partial charge is 0.253 e. The molecule has 1 amide bonds. The van der Waals surface area contributed by atoms with Crippen molar-refractivity contribution in [2.75, 3.05) is 13.1 Å². The molecular formula is C11H11BrClNO. The maximum Gasteiger partial charge on any atom is 0.253 e. The van der Waals surface area contributed by atoms with Gasteiger partial charge < -0.3 is 4.90 Å². The van der Waals surface area contributed by atoms with Crippen LogP contribution in [-0.4, -0.2) is 28.7 Å². The third kappa shape index (κ3) is 2.52. The largest absolute Gasteiger partial charge is 0.337 e. The van der Waals surface area contributed by atoms with Gasteiger partial charge in [0.25, 0.3) is 5.91 Å². The molecule has 0 spiro atoms. The zero-order chi connectivity index (χ0) is 10.8. The lowest BCUT2D eigenvalue weighted by Crippen LogP contribution is -2.28. The van der Waals surface area contributed by atoms with Crippen LogP contribution in [0.5, 0.6) is 0 Å². The number of nitrogens with zero attached hydrogens (tertiary/aromatic N) is 1. The summed E-state index contributed by atoms with van der Waals surface area (Å²) >= 11 is 9.28. The van der Waals surface area contributed by atoms with Crippen molar-refractivity contribution in [3.05, 3.63) is 34.9 Å². The standard InChI is InChI=1S/C11H11BrClNO/c12-9-5-6-14(7-9)11(15)8-1-3-10(13)4-2-8/h1-4,9H,5-7H2. The Kier molecular flexibility index (Phi) is 3.32. The Morgan fingerprint density at radius 3 is 2.60 bits per heavy atom. The van der Waals surface area contributed by atoms with Gasteiger partial charge in [-0.2, -0.15) is 0 Å². The molecule has 0 saturated carbocycles. The molecule has 1 heterocycles. The summed E-state index contributed by atoms with van der Waals surface area (Å²) in [6.45, 7) is 1.62. The maximum atomic E-state index is 12.0. The quantitative estimate of drug-likeness (QED) is 0.728. The minimum atomic E-state index is 0.0913. The molecular weight excluding hydrogens is 277 g/mol. The summed E-state index contributed by atoms with van der Waals surface area (Å²) in [7, 11) is 0. The minimum absolute atomic E-state index is 0.0913. The summed E-state index contributed by atoms with van der Waals surface area (Å²) in [5.74, 6) is 0.0913. The fourth-order valence-electron chi connectivity index (χ4n) is 1.68. The van der Waals surface area contributed by atoms with Crippen LogP contribution in [0.3, 0.4) is 0 Å². The third-order valence-corrected chi connectivity index (χ3v) is 3.51. The highest BCUT2D eigenvalue weighted by Crippen LogP contribution is 2.19. The lowest BCUT2D eigenvalue weighted by atomic mass is 10.2. The highest BCUT2D eigenvalue weighted by molar-refractivity contribution is 9.09. The van der Waals surface area contributed by atoms with Crippen molar-refractivity contribution in [3.8, 4) is 0 Å². The summed E-state index contributed by atoms with van der Waals surface area (Å²) in [5, 5.41) is 0.659. The van der Waals surface area contributed by atoms with E-state index < -0.39 is 0 Å². The molecule has 0 N–H and O–H groups in total. The van der Waals surface area contributed by atoms with E-state index in [0.29, 0.717) is 15.4 Å². The molecule has 1 saturated heterocycles. The van der Waals surface area contributed by atoms with E-state index in [-0.39, 0.29) is 5.91 Å². The summed E-state index contributed by atoms with van der Waals surface area (Å²) in [4.78, 5) is 14.3. The molecule has 2 nitrogen and oxygen atoms in total.